The largest absolute Gasteiger partial charge is 0.355 e. The van der Waals surface area contributed by atoms with E-state index in [0.29, 0.717) is 49.5 Å². The summed E-state index contributed by atoms with van der Waals surface area (Å²) in [5, 5.41) is 2.59. The molecule has 3 amide bonds. The third-order valence-electron chi connectivity index (χ3n) is 5.63. The van der Waals surface area contributed by atoms with Gasteiger partial charge in [0.05, 0.1) is 6.54 Å². The summed E-state index contributed by atoms with van der Waals surface area (Å²) < 4.78 is 27.3. The highest BCUT2D eigenvalue weighted by Crippen LogP contribution is 2.23. The number of carbonyl (C=O) groups excluding carboxylic acids is 2. The molecule has 0 saturated carbocycles. The Morgan fingerprint density at radius 2 is 1.70 bits per heavy atom. The lowest BCUT2D eigenvalue weighted by Gasteiger charge is -2.39. The van der Waals surface area contributed by atoms with Gasteiger partial charge in [0.25, 0.3) is 5.91 Å². The first-order valence-corrected chi connectivity index (χ1v) is 11.1. The van der Waals surface area contributed by atoms with Crippen LogP contribution in [-0.2, 0) is 13.2 Å². The molecule has 0 aliphatic carbocycles. The lowest BCUT2D eigenvalue weighted by atomic mass is 10.1. The van der Waals surface area contributed by atoms with Gasteiger partial charge in [0, 0.05) is 51.0 Å². The molecule has 0 atom stereocenters. The van der Waals surface area contributed by atoms with Crippen LogP contribution in [0.2, 0.25) is 0 Å². The van der Waals surface area contributed by atoms with Crippen LogP contribution in [0, 0.1) is 0 Å². The number of rotatable bonds is 7. The zero-order valence-electron chi connectivity index (χ0n) is 19.5. The van der Waals surface area contributed by atoms with Crippen molar-refractivity contribution in [3.8, 4) is 0 Å². The van der Waals surface area contributed by atoms with Gasteiger partial charge in [0.1, 0.15) is 12.3 Å². The summed E-state index contributed by atoms with van der Waals surface area (Å²) in [6, 6.07) is 13.8. The molecule has 1 N–H and O–H groups in total. The Balaban J connectivity index is 1.79. The van der Waals surface area contributed by atoms with E-state index >= 15 is 0 Å². The van der Waals surface area contributed by atoms with Crippen LogP contribution in [0.3, 0.4) is 0 Å². The van der Waals surface area contributed by atoms with Crippen molar-refractivity contribution in [3.63, 3.8) is 0 Å². The lowest BCUT2D eigenvalue weighted by molar-refractivity contribution is 0.0866. The predicted octanol–water partition coefficient (Wildman–Crippen LogP) is 4.01. The van der Waals surface area contributed by atoms with Crippen molar-refractivity contribution in [1.82, 2.24) is 15.1 Å². The Bertz CT molecular complexity index is 952. The Labute approximate surface area is 194 Å². The molecule has 0 bridgehead atoms. The van der Waals surface area contributed by atoms with Crippen molar-refractivity contribution in [2.24, 2.45) is 0 Å². The predicted molar refractivity (Wildman–Crippen MR) is 126 cm³/mol. The van der Waals surface area contributed by atoms with E-state index in [1.165, 1.54) is 0 Å². The van der Waals surface area contributed by atoms with Gasteiger partial charge in [-0.2, -0.15) is 0 Å². The molecule has 1 fully saturated rings. The molecule has 1 aliphatic rings. The average Bonchev–Trinajstić information content (AvgIpc) is 2.81. The Morgan fingerprint density at radius 3 is 2.27 bits per heavy atom. The Kier molecular flexibility index (Phi) is 8.02. The quantitative estimate of drug-likeness (QED) is 0.682. The van der Waals surface area contributed by atoms with Gasteiger partial charge >= 0.3 is 6.03 Å². The van der Waals surface area contributed by atoms with Gasteiger partial charge in [-0.3, -0.25) is 14.6 Å². The SMILES string of the molecule is CNC(=O)c1ccc(CN(C(=O)N2CCN(CC(C)(C)F)CC2)c2cccc(CF)c2)cc1. The minimum atomic E-state index is -1.29. The first-order chi connectivity index (χ1) is 15.7. The second-order valence-electron chi connectivity index (χ2n) is 8.93. The molecular weight excluding hydrogens is 426 g/mol. The van der Waals surface area contributed by atoms with Crippen LogP contribution in [0.25, 0.3) is 0 Å². The van der Waals surface area contributed by atoms with Gasteiger partial charge in [-0.05, 0) is 49.2 Å². The molecule has 1 saturated heterocycles. The molecule has 2 aromatic rings. The molecule has 0 spiro atoms. The van der Waals surface area contributed by atoms with Crippen molar-refractivity contribution in [1.29, 1.82) is 0 Å². The van der Waals surface area contributed by atoms with Crippen molar-refractivity contribution >= 4 is 17.6 Å². The normalized spacial score (nSPS) is 14.8. The van der Waals surface area contributed by atoms with Crippen LogP contribution >= 0.6 is 0 Å². The summed E-state index contributed by atoms with van der Waals surface area (Å²) in [4.78, 5) is 30.7. The number of halogens is 2. The smallest absolute Gasteiger partial charge is 0.324 e. The highest BCUT2D eigenvalue weighted by molar-refractivity contribution is 5.94. The molecule has 0 aromatic heterocycles. The third kappa shape index (κ3) is 6.74. The first-order valence-electron chi connectivity index (χ1n) is 11.1. The van der Waals surface area contributed by atoms with Crippen LogP contribution in [0.4, 0.5) is 19.3 Å². The van der Waals surface area contributed by atoms with Gasteiger partial charge < -0.3 is 10.2 Å². The number of piperazine rings is 1. The molecule has 6 nitrogen and oxygen atoms in total. The monoisotopic (exact) mass is 458 g/mol. The number of urea groups is 1. The third-order valence-corrected chi connectivity index (χ3v) is 5.63. The molecule has 3 rings (SSSR count). The van der Waals surface area contributed by atoms with Crippen molar-refractivity contribution in [3.05, 3.63) is 65.2 Å². The maximum atomic E-state index is 14.0. The second kappa shape index (κ2) is 10.7. The lowest BCUT2D eigenvalue weighted by Crippen LogP contribution is -2.54. The summed E-state index contributed by atoms with van der Waals surface area (Å²) in [5.41, 5.74) is 1.20. The maximum absolute atomic E-state index is 14.0. The number of hydrogen-bond acceptors (Lipinski definition) is 3. The van der Waals surface area contributed by atoms with Gasteiger partial charge in [-0.25, -0.2) is 13.6 Å². The van der Waals surface area contributed by atoms with Crippen molar-refractivity contribution < 1.29 is 18.4 Å². The fourth-order valence-electron chi connectivity index (χ4n) is 3.96. The fraction of sp³-hybridized carbons (Fsp3) is 0.440. The molecule has 1 heterocycles. The fourth-order valence-corrected chi connectivity index (χ4v) is 3.96. The summed E-state index contributed by atoms with van der Waals surface area (Å²) in [6.07, 6.45) is 0. The van der Waals surface area contributed by atoms with Crippen LogP contribution in [0.15, 0.2) is 48.5 Å². The van der Waals surface area contributed by atoms with E-state index in [-0.39, 0.29) is 18.5 Å². The Hall–Kier alpha value is -3.00. The molecule has 8 heteroatoms. The number of alkyl halides is 2. The Morgan fingerprint density at radius 1 is 1.03 bits per heavy atom. The number of anilines is 1. The van der Waals surface area contributed by atoms with Gasteiger partial charge in [0.15, 0.2) is 0 Å². The zero-order chi connectivity index (χ0) is 24.0. The van der Waals surface area contributed by atoms with E-state index < -0.39 is 12.3 Å². The van der Waals surface area contributed by atoms with E-state index in [1.54, 1.807) is 67.1 Å². The minimum Gasteiger partial charge on any atom is -0.355 e. The molecule has 178 valence electrons. The average molecular weight is 459 g/mol. The van der Waals surface area contributed by atoms with Crippen LogP contribution < -0.4 is 10.2 Å². The van der Waals surface area contributed by atoms with Gasteiger partial charge in [0.2, 0.25) is 0 Å². The van der Waals surface area contributed by atoms with Crippen molar-refractivity contribution in [2.75, 3.05) is 44.7 Å². The summed E-state index contributed by atoms with van der Waals surface area (Å²) in [5.74, 6) is -0.181. The summed E-state index contributed by atoms with van der Waals surface area (Å²) in [7, 11) is 1.57. The summed E-state index contributed by atoms with van der Waals surface area (Å²) in [6.45, 7) is 5.27. The number of amides is 3. The van der Waals surface area contributed by atoms with E-state index in [0.717, 1.165) is 5.56 Å². The maximum Gasteiger partial charge on any atom is 0.324 e. The number of hydrogen-bond donors (Lipinski definition) is 1. The zero-order valence-corrected chi connectivity index (χ0v) is 19.5. The minimum absolute atomic E-state index is 0.180. The molecular formula is C25H32F2N4O2. The molecule has 2 aromatic carbocycles. The molecule has 0 radical (unpaired) electrons. The number of benzene rings is 2. The van der Waals surface area contributed by atoms with E-state index in [2.05, 4.69) is 5.32 Å². The van der Waals surface area contributed by atoms with E-state index in [9.17, 15) is 18.4 Å². The number of carbonyl (C=O) groups is 2. The van der Waals surface area contributed by atoms with E-state index in [1.807, 2.05) is 17.0 Å². The van der Waals surface area contributed by atoms with Gasteiger partial charge in [-0.1, -0.05) is 24.3 Å². The van der Waals surface area contributed by atoms with Crippen LogP contribution in [0.1, 0.15) is 35.3 Å². The van der Waals surface area contributed by atoms with Crippen LogP contribution in [-0.4, -0.2) is 67.2 Å². The topological polar surface area (TPSA) is 55.9 Å². The molecule has 33 heavy (non-hydrogen) atoms. The van der Waals surface area contributed by atoms with Crippen LogP contribution in [0.5, 0.6) is 0 Å². The number of nitrogens with one attached hydrogen (secondary N) is 1. The molecule has 1 aliphatic heterocycles. The second-order valence-corrected chi connectivity index (χ2v) is 8.93. The van der Waals surface area contributed by atoms with Gasteiger partial charge in [-0.15, -0.1) is 0 Å². The van der Waals surface area contributed by atoms with Crippen molar-refractivity contribution in [2.45, 2.75) is 32.7 Å². The standard InChI is InChI=1S/C25H32F2N4O2/c1-25(2,27)18-29-11-13-30(14-12-29)24(33)31(22-6-4-5-20(15-22)16-26)17-19-7-9-21(10-8-19)23(32)28-3/h4-10,15H,11-14,16-18H2,1-3H3,(H,28,32). The first kappa shape index (κ1) is 24.6. The number of nitrogens with zero attached hydrogens (tertiary/aromatic N) is 3. The summed E-state index contributed by atoms with van der Waals surface area (Å²) >= 11 is 0. The van der Waals surface area contributed by atoms with E-state index in [4.69, 9.17) is 0 Å². The molecule has 0 unspecified atom stereocenters. The highest BCUT2D eigenvalue weighted by Gasteiger charge is 2.29. The highest BCUT2D eigenvalue weighted by atomic mass is 19.1.